The standard InChI is InChI=1S/C11H14Cl2N2O2/c1-11(2,10(16)17-3)9(14)8-6(12)4-15-5-7(8)13/h4-5,9H,14H2,1-3H3/t9-/m1/s1. The van der Waals surface area contributed by atoms with E-state index in [1.54, 1.807) is 13.8 Å². The third-order valence-corrected chi connectivity index (χ3v) is 3.29. The first-order valence-corrected chi connectivity index (χ1v) is 5.70. The van der Waals surface area contributed by atoms with Gasteiger partial charge in [-0.2, -0.15) is 0 Å². The largest absolute Gasteiger partial charge is 0.469 e. The molecule has 0 amide bonds. The highest BCUT2D eigenvalue weighted by atomic mass is 35.5. The Morgan fingerprint density at radius 2 is 1.88 bits per heavy atom. The Labute approximate surface area is 110 Å². The summed E-state index contributed by atoms with van der Waals surface area (Å²) in [5.74, 6) is -0.422. The lowest BCUT2D eigenvalue weighted by Crippen LogP contribution is -2.37. The van der Waals surface area contributed by atoms with Crippen molar-refractivity contribution in [1.29, 1.82) is 0 Å². The summed E-state index contributed by atoms with van der Waals surface area (Å²) in [7, 11) is 1.31. The topological polar surface area (TPSA) is 65.2 Å². The van der Waals surface area contributed by atoms with Gasteiger partial charge in [-0.15, -0.1) is 0 Å². The van der Waals surface area contributed by atoms with Crippen LogP contribution < -0.4 is 5.73 Å². The van der Waals surface area contributed by atoms with Crippen molar-refractivity contribution in [2.75, 3.05) is 7.11 Å². The van der Waals surface area contributed by atoms with Crippen molar-refractivity contribution in [2.45, 2.75) is 19.9 Å². The zero-order valence-electron chi connectivity index (χ0n) is 9.83. The fraction of sp³-hybridized carbons (Fsp3) is 0.455. The van der Waals surface area contributed by atoms with E-state index >= 15 is 0 Å². The lowest BCUT2D eigenvalue weighted by atomic mass is 9.81. The van der Waals surface area contributed by atoms with Crippen LogP contribution in [0.2, 0.25) is 10.0 Å². The Hall–Kier alpha value is -0.840. The number of aromatic nitrogens is 1. The number of esters is 1. The number of pyridine rings is 1. The fourth-order valence-corrected chi connectivity index (χ4v) is 2.07. The molecule has 1 aromatic heterocycles. The van der Waals surface area contributed by atoms with Crippen LogP contribution in [0.15, 0.2) is 12.4 Å². The predicted octanol–water partition coefficient (Wildman–Crippen LogP) is 2.59. The Bertz CT molecular complexity index is 415. The van der Waals surface area contributed by atoms with Gasteiger partial charge in [0.15, 0.2) is 0 Å². The lowest BCUT2D eigenvalue weighted by molar-refractivity contribution is -0.152. The van der Waals surface area contributed by atoms with Gasteiger partial charge in [0.2, 0.25) is 0 Å². The number of nitrogens with two attached hydrogens (primary N) is 1. The minimum Gasteiger partial charge on any atom is -0.469 e. The highest BCUT2D eigenvalue weighted by molar-refractivity contribution is 6.35. The monoisotopic (exact) mass is 276 g/mol. The third-order valence-electron chi connectivity index (χ3n) is 2.69. The van der Waals surface area contributed by atoms with E-state index in [4.69, 9.17) is 33.7 Å². The van der Waals surface area contributed by atoms with Gasteiger partial charge in [0, 0.05) is 24.0 Å². The van der Waals surface area contributed by atoms with Crippen molar-refractivity contribution < 1.29 is 9.53 Å². The molecule has 94 valence electrons. The van der Waals surface area contributed by atoms with Crippen molar-refractivity contribution in [3.8, 4) is 0 Å². The van der Waals surface area contributed by atoms with Gasteiger partial charge >= 0.3 is 5.97 Å². The first-order valence-electron chi connectivity index (χ1n) is 4.95. The molecule has 6 heteroatoms. The van der Waals surface area contributed by atoms with Crippen LogP contribution in [0.4, 0.5) is 0 Å². The van der Waals surface area contributed by atoms with Gasteiger partial charge in [-0.3, -0.25) is 9.78 Å². The van der Waals surface area contributed by atoms with Gasteiger partial charge in [-0.05, 0) is 13.8 Å². The van der Waals surface area contributed by atoms with E-state index in [9.17, 15) is 4.79 Å². The molecule has 0 saturated heterocycles. The molecule has 0 aliphatic carbocycles. The molecular weight excluding hydrogens is 263 g/mol. The Balaban J connectivity index is 3.21. The van der Waals surface area contributed by atoms with Crippen LogP contribution in [-0.4, -0.2) is 18.1 Å². The average molecular weight is 277 g/mol. The molecule has 0 aromatic carbocycles. The van der Waals surface area contributed by atoms with Crippen LogP contribution in [0, 0.1) is 5.41 Å². The zero-order valence-corrected chi connectivity index (χ0v) is 11.3. The van der Waals surface area contributed by atoms with Gasteiger partial charge in [0.25, 0.3) is 0 Å². The maximum atomic E-state index is 11.7. The van der Waals surface area contributed by atoms with E-state index in [1.165, 1.54) is 19.5 Å². The van der Waals surface area contributed by atoms with Crippen LogP contribution in [0.1, 0.15) is 25.5 Å². The Kier molecular flexibility index (Phi) is 4.36. The molecular formula is C11H14Cl2N2O2. The quantitative estimate of drug-likeness (QED) is 0.862. The van der Waals surface area contributed by atoms with E-state index < -0.39 is 17.4 Å². The maximum Gasteiger partial charge on any atom is 0.313 e. The van der Waals surface area contributed by atoms with Crippen molar-refractivity contribution in [2.24, 2.45) is 11.1 Å². The molecule has 0 saturated carbocycles. The van der Waals surface area contributed by atoms with Crippen molar-refractivity contribution in [3.05, 3.63) is 28.0 Å². The van der Waals surface area contributed by atoms with Crippen LogP contribution >= 0.6 is 23.2 Å². The molecule has 0 spiro atoms. The van der Waals surface area contributed by atoms with Gasteiger partial charge in [0.1, 0.15) is 0 Å². The van der Waals surface area contributed by atoms with E-state index in [0.29, 0.717) is 15.6 Å². The number of carbonyl (C=O) groups is 1. The average Bonchev–Trinajstić information content (AvgIpc) is 2.27. The number of hydrogen-bond acceptors (Lipinski definition) is 4. The van der Waals surface area contributed by atoms with E-state index in [2.05, 4.69) is 4.98 Å². The first kappa shape index (κ1) is 14.2. The Morgan fingerprint density at radius 1 is 1.41 bits per heavy atom. The molecule has 2 N–H and O–H groups in total. The molecule has 4 nitrogen and oxygen atoms in total. The molecule has 0 aliphatic rings. The van der Waals surface area contributed by atoms with Gasteiger partial charge in [-0.25, -0.2) is 0 Å². The lowest BCUT2D eigenvalue weighted by Gasteiger charge is -2.29. The smallest absolute Gasteiger partial charge is 0.313 e. The normalized spacial score (nSPS) is 13.3. The number of methoxy groups -OCH3 is 1. The molecule has 1 heterocycles. The van der Waals surface area contributed by atoms with E-state index in [-0.39, 0.29) is 0 Å². The third kappa shape index (κ3) is 2.70. The first-order chi connectivity index (χ1) is 7.82. The molecule has 0 aliphatic heterocycles. The summed E-state index contributed by atoms with van der Waals surface area (Å²) in [6, 6.07) is -0.669. The number of carbonyl (C=O) groups excluding carboxylic acids is 1. The van der Waals surface area contributed by atoms with E-state index in [1.807, 2.05) is 0 Å². The molecule has 1 atom stereocenters. The summed E-state index contributed by atoms with van der Waals surface area (Å²) < 4.78 is 4.72. The second kappa shape index (κ2) is 5.21. The van der Waals surface area contributed by atoms with Crippen LogP contribution in [0.25, 0.3) is 0 Å². The van der Waals surface area contributed by atoms with Gasteiger partial charge in [0.05, 0.1) is 22.6 Å². The summed E-state index contributed by atoms with van der Waals surface area (Å²) in [4.78, 5) is 15.5. The Morgan fingerprint density at radius 3 is 2.29 bits per heavy atom. The summed E-state index contributed by atoms with van der Waals surface area (Å²) in [6.07, 6.45) is 2.88. The maximum absolute atomic E-state index is 11.7. The highest BCUT2D eigenvalue weighted by Crippen LogP contribution is 2.38. The summed E-state index contributed by atoms with van der Waals surface area (Å²) in [5, 5.41) is 0.670. The molecule has 0 unspecified atom stereocenters. The summed E-state index contributed by atoms with van der Waals surface area (Å²) in [5.41, 5.74) is 5.63. The minimum absolute atomic E-state index is 0.335. The number of rotatable bonds is 3. The van der Waals surface area contributed by atoms with Gasteiger partial charge in [-0.1, -0.05) is 23.2 Å². The predicted molar refractivity (Wildman–Crippen MR) is 67.0 cm³/mol. The van der Waals surface area contributed by atoms with Crippen molar-refractivity contribution >= 4 is 29.2 Å². The van der Waals surface area contributed by atoms with Crippen LogP contribution in [0.3, 0.4) is 0 Å². The molecule has 0 fully saturated rings. The minimum atomic E-state index is -0.927. The molecule has 17 heavy (non-hydrogen) atoms. The highest BCUT2D eigenvalue weighted by Gasteiger charge is 2.38. The fourth-order valence-electron chi connectivity index (χ4n) is 1.47. The number of halogens is 2. The molecule has 1 aromatic rings. The van der Waals surface area contributed by atoms with Crippen molar-refractivity contribution in [3.63, 3.8) is 0 Å². The molecule has 1 rings (SSSR count). The zero-order chi connectivity index (χ0) is 13.2. The van der Waals surface area contributed by atoms with Gasteiger partial charge < -0.3 is 10.5 Å². The second-order valence-electron chi connectivity index (χ2n) is 4.21. The second-order valence-corrected chi connectivity index (χ2v) is 5.02. The summed E-state index contributed by atoms with van der Waals surface area (Å²) in [6.45, 7) is 3.35. The van der Waals surface area contributed by atoms with Crippen LogP contribution in [-0.2, 0) is 9.53 Å². The number of hydrogen-bond donors (Lipinski definition) is 1. The van der Waals surface area contributed by atoms with E-state index in [0.717, 1.165) is 0 Å². The molecule has 0 radical (unpaired) electrons. The number of ether oxygens (including phenoxy) is 1. The number of nitrogens with zero attached hydrogens (tertiary/aromatic N) is 1. The van der Waals surface area contributed by atoms with Crippen LogP contribution in [0.5, 0.6) is 0 Å². The molecule has 0 bridgehead atoms. The SMILES string of the molecule is COC(=O)C(C)(C)[C@H](N)c1c(Cl)cncc1Cl. The summed E-state index contributed by atoms with van der Waals surface area (Å²) >= 11 is 12.0. The van der Waals surface area contributed by atoms with Crippen molar-refractivity contribution in [1.82, 2.24) is 4.98 Å².